The molecular weight excluding hydrogens is 446 g/mol. The van der Waals surface area contributed by atoms with Crippen LogP contribution in [0.3, 0.4) is 0 Å². The molecule has 0 unspecified atom stereocenters. The van der Waals surface area contributed by atoms with E-state index < -0.39 is 5.91 Å². The van der Waals surface area contributed by atoms with Gasteiger partial charge in [-0.2, -0.15) is 0 Å². The predicted molar refractivity (Wildman–Crippen MR) is 135 cm³/mol. The zero-order chi connectivity index (χ0) is 24.6. The molecule has 11 nitrogen and oxygen atoms in total. The molecule has 0 saturated carbocycles. The topological polar surface area (TPSA) is 141 Å². The predicted octanol–water partition coefficient (Wildman–Crippen LogP) is 1.81. The molecule has 0 atom stereocenters. The molecule has 5 N–H and O–H groups in total. The molecule has 3 aliphatic heterocycles. The van der Waals surface area contributed by atoms with E-state index in [9.17, 15) is 9.59 Å². The summed E-state index contributed by atoms with van der Waals surface area (Å²) in [4.78, 5) is 39.6. The summed E-state index contributed by atoms with van der Waals surface area (Å²) in [6.07, 6.45) is 9.16. The molecule has 0 aliphatic carbocycles. The van der Waals surface area contributed by atoms with Gasteiger partial charge in [-0.25, -0.2) is 14.8 Å². The van der Waals surface area contributed by atoms with Gasteiger partial charge < -0.3 is 31.5 Å². The summed E-state index contributed by atoms with van der Waals surface area (Å²) < 4.78 is 0. The second-order valence-electron chi connectivity index (χ2n) is 9.11. The van der Waals surface area contributed by atoms with Crippen LogP contribution in [-0.2, 0) is 0 Å². The number of rotatable bonds is 5. The maximum Gasteiger partial charge on any atom is 0.317 e. The van der Waals surface area contributed by atoms with Gasteiger partial charge >= 0.3 is 6.03 Å². The maximum absolute atomic E-state index is 11.8. The van der Waals surface area contributed by atoms with Crippen molar-refractivity contribution in [2.45, 2.75) is 38.0 Å². The van der Waals surface area contributed by atoms with Crippen molar-refractivity contribution in [3.8, 4) is 0 Å². The lowest BCUT2D eigenvalue weighted by Gasteiger charge is -2.27. The van der Waals surface area contributed by atoms with Crippen molar-refractivity contribution in [2.24, 2.45) is 5.73 Å². The van der Waals surface area contributed by atoms with Crippen molar-refractivity contribution in [3.05, 3.63) is 35.9 Å². The number of nitrogens with two attached hydrogens (primary N) is 1. The Labute approximate surface area is 205 Å². The van der Waals surface area contributed by atoms with E-state index in [4.69, 9.17) is 5.73 Å². The Bertz CT molecular complexity index is 1000. The summed E-state index contributed by atoms with van der Waals surface area (Å²) >= 11 is 0. The Morgan fingerprint density at radius 1 is 1.06 bits per heavy atom. The molecule has 5 heterocycles. The van der Waals surface area contributed by atoms with E-state index in [0.29, 0.717) is 11.7 Å². The fraction of sp³-hybridized carbons (Fsp3) is 0.542. The normalized spacial score (nSPS) is 18.5. The van der Waals surface area contributed by atoms with E-state index in [1.807, 2.05) is 12.1 Å². The maximum atomic E-state index is 11.8. The molecule has 0 aromatic carbocycles. The Morgan fingerprint density at radius 2 is 1.83 bits per heavy atom. The third-order valence-electron chi connectivity index (χ3n) is 6.55. The minimum Gasteiger partial charge on any atom is -0.364 e. The molecule has 188 valence electrons. The van der Waals surface area contributed by atoms with E-state index in [0.717, 1.165) is 82.2 Å². The zero-order valence-corrected chi connectivity index (χ0v) is 20.3. The molecule has 0 spiro atoms. The number of carbonyl (C=O) groups is 2. The van der Waals surface area contributed by atoms with Crippen LogP contribution in [0.5, 0.6) is 0 Å². The molecule has 2 aromatic heterocycles. The number of primary amides is 1. The number of hydrogen-bond donors (Lipinski definition) is 4. The fourth-order valence-corrected chi connectivity index (χ4v) is 4.46. The lowest BCUT2D eigenvalue weighted by molar-refractivity contribution is 0.0996. The number of urea groups is 1. The van der Waals surface area contributed by atoms with Gasteiger partial charge in [0.25, 0.3) is 5.91 Å². The number of piperidine rings is 2. The van der Waals surface area contributed by atoms with E-state index in [1.54, 1.807) is 24.3 Å². The average Bonchev–Trinajstić information content (AvgIpc) is 3.28. The van der Waals surface area contributed by atoms with Crippen LogP contribution >= 0.6 is 0 Å². The third-order valence-corrected chi connectivity index (χ3v) is 6.55. The van der Waals surface area contributed by atoms with Crippen LogP contribution in [0.1, 0.15) is 54.2 Å². The molecule has 11 heteroatoms. The summed E-state index contributed by atoms with van der Waals surface area (Å²) in [6, 6.07) is 4.06. The van der Waals surface area contributed by atoms with Gasteiger partial charge in [-0.05, 0) is 57.3 Å². The van der Waals surface area contributed by atoms with Gasteiger partial charge in [0.2, 0.25) is 0 Å². The lowest BCUT2D eigenvalue weighted by atomic mass is 9.94. The number of nitrogens with zero attached hydrogens (tertiary/aromatic N) is 5. The van der Waals surface area contributed by atoms with Crippen LogP contribution in [0.4, 0.5) is 22.1 Å². The minimum absolute atomic E-state index is 0.0417. The summed E-state index contributed by atoms with van der Waals surface area (Å²) in [6.45, 7) is 5.63. The van der Waals surface area contributed by atoms with E-state index in [-0.39, 0.29) is 11.7 Å². The number of pyridine rings is 1. The standard InChI is InChI=1S/C20H27N7O.C4H8N2O/c21-19(28)18-20(26-17(13-24-18)27-10-2-1-3-11-27)25-15-4-5-16(23-12-15)14-6-8-22-9-7-14;1-6-3-2-5-4(6)7/h4-5,12-14,22H,1-3,6-11H2,(H2,21,28)(H,25,26);2-3H2,1H3,(H,5,7). The molecule has 5 rings (SSSR count). The first kappa shape index (κ1) is 24.6. The summed E-state index contributed by atoms with van der Waals surface area (Å²) in [5.74, 6) is 1.05. The number of aromatic nitrogens is 3. The molecule has 35 heavy (non-hydrogen) atoms. The van der Waals surface area contributed by atoms with Gasteiger partial charge in [0.15, 0.2) is 11.5 Å². The van der Waals surface area contributed by atoms with Crippen molar-refractivity contribution in [1.29, 1.82) is 0 Å². The molecule has 3 fully saturated rings. The second kappa shape index (κ2) is 11.8. The highest BCUT2D eigenvalue weighted by atomic mass is 16.2. The number of amides is 3. The number of carbonyl (C=O) groups excluding carboxylic acids is 2. The van der Waals surface area contributed by atoms with Crippen LogP contribution in [0.25, 0.3) is 0 Å². The van der Waals surface area contributed by atoms with Gasteiger partial charge in [-0.15, -0.1) is 0 Å². The van der Waals surface area contributed by atoms with Crippen LogP contribution in [0.2, 0.25) is 0 Å². The van der Waals surface area contributed by atoms with Crippen molar-refractivity contribution < 1.29 is 9.59 Å². The first-order valence-corrected chi connectivity index (χ1v) is 12.4. The zero-order valence-electron chi connectivity index (χ0n) is 20.3. The number of nitrogens with one attached hydrogen (secondary N) is 3. The van der Waals surface area contributed by atoms with Crippen molar-refractivity contribution in [3.63, 3.8) is 0 Å². The molecule has 3 amide bonds. The van der Waals surface area contributed by atoms with Gasteiger partial charge in [-0.1, -0.05) is 0 Å². The summed E-state index contributed by atoms with van der Waals surface area (Å²) in [5.41, 5.74) is 7.52. The number of anilines is 3. The first-order chi connectivity index (χ1) is 17.0. The lowest BCUT2D eigenvalue weighted by Crippen LogP contribution is -2.31. The molecule has 0 radical (unpaired) electrons. The van der Waals surface area contributed by atoms with Gasteiger partial charge in [0.1, 0.15) is 5.82 Å². The second-order valence-corrected chi connectivity index (χ2v) is 9.11. The van der Waals surface area contributed by atoms with Crippen LogP contribution in [-0.4, -0.2) is 78.1 Å². The quantitative estimate of drug-likeness (QED) is 0.507. The summed E-state index contributed by atoms with van der Waals surface area (Å²) in [5, 5.41) is 9.22. The van der Waals surface area contributed by atoms with Crippen molar-refractivity contribution in [1.82, 2.24) is 30.5 Å². The van der Waals surface area contributed by atoms with Crippen LogP contribution < -0.4 is 26.6 Å². The SMILES string of the molecule is CN1CCNC1=O.NC(=O)c1ncc(N2CCCCC2)nc1Nc1ccc(C2CCNCC2)nc1. The van der Waals surface area contributed by atoms with Gasteiger partial charge in [0, 0.05) is 44.8 Å². The van der Waals surface area contributed by atoms with Crippen molar-refractivity contribution in [2.75, 3.05) is 56.5 Å². The highest BCUT2D eigenvalue weighted by Crippen LogP contribution is 2.26. The molecule has 3 saturated heterocycles. The Hall–Kier alpha value is -3.47. The Balaban J connectivity index is 0.000000356. The monoisotopic (exact) mass is 481 g/mol. The first-order valence-electron chi connectivity index (χ1n) is 12.4. The Morgan fingerprint density at radius 3 is 2.40 bits per heavy atom. The molecular formula is C24H35N9O2. The smallest absolute Gasteiger partial charge is 0.317 e. The molecule has 2 aromatic rings. The highest BCUT2D eigenvalue weighted by molar-refractivity contribution is 5.96. The van der Waals surface area contributed by atoms with Crippen LogP contribution in [0, 0.1) is 0 Å². The van der Waals surface area contributed by atoms with Gasteiger partial charge in [-0.3, -0.25) is 9.78 Å². The van der Waals surface area contributed by atoms with Crippen LogP contribution in [0.15, 0.2) is 24.5 Å². The highest BCUT2D eigenvalue weighted by Gasteiger charge is 2.19. The summed E-state index contributed by atoms with van der Waals surface area (Å²) in [7, 11) is 1.78. The average molecular weight is 482 g/mol. The fourth-order valence-electron chi connectivity index (χ4n) is 4.46. The molecule has 3 aliphatic rings. The largest absolute Gasteiger partial charge is 0.364 e. The van der Waals surface area contributed by atoms with E-state index in [1.165, 1.54) is 6.42 Å². The Kier molecular flexibility index (Phi) is 8.30. The number of likely N-dealkylation sites (N-methyl/N-ethyl adjacent to an activating group) is 1. The van der Waals surface area contributed by atoms with E-state index in [2.05, 4.69) is 35.8 Å². The number of hydrogen-bond acceptors (Lipinski definition) is 8. The minimum atomic E-state index is -0.598. The van der Waals surface area contributed by atoms with Gasteiger partial charge in [0.05, 0.1) is 18.1 Å². The van der Waals surface area contributed by atoms with Crippen molar-refractivity contribution >= 4 is 29.3 Å². The van der Waals surface area contributed by atoms with E-state index >= 15 is 0 Å². The third kappa shape index (κ3) is 6.56. The molecule has 0 bridgehead atoms.